The van der Waals surface area contributed by atoms with Crippen LogP contribution in [0.4, 0.5) is 8.39 Å². The van der Waals surface area contributed by atoms with Gasteiger partial charge in [-0.15, -0.1) is 0 Å². The molecule has 0 aliphatic heterocycles. The minimum atomic E-state index is -3.80. The maximum Gasteiger partial charge on any atom is 0.381 e. The van der Waals surface area contributed by atoms with Gasteiger partial charge >= 0.3 is 23.1 Å². The number of rotatable bonds is 9. The minimum Gasteiger partial charge on any atom is -0.282 e. The number of halogens is 2. The number of hydrogen-bond acceptors (Lipinski definition) is 3. The van der Waals surface area contributed by atoms with Crippen molar-refractivity contribution in [3.63, 3.8) is 0 Å². The van der Waals surface area contributed by atoms with Gasteiger partial charge in [-0.05, 0) is 89.6 Å². The zero-order valence-electron chi connectivity index (χ0n) is 20.6. The second-order valence-electron chi connectivity index (χ2n) is 7.65. The molecule has 0 aromatic heterocycles. The van der Waals surface area contributed by atoms with Gasteiger partial charge in [-0.25, -0.2) is 28.9 Å². The lowest BCUT2D eigenvalue weighted by molar-refractivity contribution is 0.399. The van der Waals surface area contributed by atoms with Crippen LogP contribution in [-0.2, 0) is 13.7 Å². The molecule has 0 atom stereocenters. The predicted molar refractivity (Wildman–Crippen MR) is 125 cm³/mol. The molecule has 0 aliphatic rings. The van der Waals surface area contributed by atoms with Gasteiger partial charge in [-0.2, -0.15) is 8.39 Å². The van der Waals surface area contributed by atoms with Crippen molar-refractivity contribution in [3.05, 3.63) is 10.4 Å². The van der Waals surface area contributed by atoms with Crippen molar-refractivity contribution in [2.45, 2.75) is 39.8 Å². The van der Waals surface area contributed by atoms with Crippen molar-refractivity contribution in [1.82, 2.24) is 28.9 Å². The van der Waals surface area contributed by atoms with Crippen LogP contribution in [0.5, 0.6) is 0 Å². The third-order valence-corrected chi connectivity index (χ3v) is 9.10. The Morgan fingerprint density at radius 3 is 1.13 bits per heavy atom. The Labute approximate surface area is 186 Å². The maximum atomic E-state index is 12.9. The quantitative estimate of drug-likeness (QED) is 0.193. The van der Waals surface area contributed by atoms with Crippen LogP contribution < -0.4 is 10.2 Å². The molecule has 0 rings (SSSR count). The molecule has 2 N–H and O–H groups in total. The average molecular weight is 513 g/mol. The Morgan fingerprint density at radius 1 is 0.742 bits per heavy atom. The Morgan fingerprint density at radius 2 is 1.03 bits per heavy atom. The van der Waals surface area contributed by atoms with Crippen molar-refractivity contribution in [2.75, 3.05) is 56.4 Å². The van der Waals surface area contributed by atoms with Crippen molar-refractivity contribution >= 4 is 23.1 Å². The van der Waals surface area contributed by atoms with Gasteiger partial charge in [-0.1, -0.05) is 0 Å². The van der Waals surface area contributed by atoms with Gasteiger partial charge in [0, 0.05) is 21.9 Å². The van der Waals surface area contributed by atoms with E-state index in [0.717, 1.165) is 9.34 Å². The van der Waals surface area contributed by atoms with E-state index in [2.05, 4.69) is 20.0 Å². The lowest BCUT2D eigenvalue weighted by Crippen LogP contribution is -2.29. The summed E-state index contributed by atoms with van der Waals surface area (Å²) in [7, 11) is 1.74. The van der Waals surface area contributed by atoms with Crippen molar-refractivity contribution in [2.24, 2.45) is 4.88 Å². The van der Waals surface area contributed by atoms with E-state index in [1.54, 1.807) is 55.9 Å². The maximum absolute atomic E-state index is 12.9. The first kappa shape index (κ1) is 35.2. The fourth-order valence-corrected chi connectivity index (χ4v) is 4.89. The monoisotopic (exact) mass is 513 g/mol. The van der Waals surface area contributed by atoms with Crippen LogP contribution in [0.3, 0.4) is 0 Å². The summed E-state index contributed by atoms with van der Waals surface area (Å²) in [6.45, 7) is 6.98. The number of nitrogens with one attached hydrogen (secondary N) is 2. The zero-order valence-corrected chi connectivity index (χ0v) is 23.3. The highest BCUT2D eigenvalue weighted by molar-refractivity contribution is 7.57. The summed E-state index contributed by atoms with van der Waals surface area (Å²) in [6, 6.07) is -0.228. The highest BCUT2D eigenvalue weighted by Crippen LogP contribution is 2.51. The third-order valence-electron chi connectivity index (χ3n) is 3.03. The highest BCUT2D eigenvalue weighted by atomic mass is 31.2. The fraction of sp³-hybridized carbons (Fsp3) is 1.00. The summed E-state index contributed by atoms with van der Waals surface area (Å²) in [4.78, 5) is 5.77. The highest BCUT2D eigenvalue weighted by Gasteiger charge is 2.27. The molecule has 0 fully saturated rings. The van der Waals surface area contributed by atoms with E-state index in [-0.39, 0.29) is 12.1 Å². The van der Waals surface area contributed by atoms with Crippen LogP contribution in [0.15, 0.2) is 4.88 Å². The Hall–Kier alpha value is -0.380. The lowest BCUT2D eigenvalue weighted by atomic mass is 10.4. The molecular weight excluding hydrogens is 473 g/mol. The van der Waals surface area contributed by atoms with Crippen LogP contribution >= 0.6 is 23.1 Å². The summed E-state index contributed by atoms with van der Waals surface area (Å²) >= 11 is 0. The number of nitrogens with zero attached hydrogens (tertiary/aromatic N) is 7. The molecule has 0 heterocycles. The van der Waals surface area contributed by atoms with Gasteiger partial charge in [0.25, 0.3) is 0 Å². The summed E-state index contributed by atoms with van der Waals surface area (Å²) in [5, 5.41) is 4.66. The summed E-state index contributed by atoms with van der Waals surface area (Å²) in [5.41, 5.74) is 8.13. The van der Waals surface area contributed by atoms with E-state index in [4.69, 9.17) is 5.53 Å². The molecule has 188 valence electrons. The summed E-state index contributed by atoms with van der Waals surface area (Å²) in [6.07, 6.45) is 0. The average Bonchev–Trinajstić information content (AvgIpc) is 2.52. The molecule has 0 unspecified atom stereocenters. The molecule has 0 bridgehead atoms. The van der Waals surface area contributed by atoms with Crippen molar-refractivity contribution in [3.8, 4) is 0 Å². The second kappa shape index (κ2) is 15.5. The van der Waals surface area contributed by atoms with Gasteiger partial charge in [0.15, 0.2) is 0 Å². The Kier molecular flexibility index (Phi) is 17.6. The van der Waals surface area contributed by atoms with Crippen LogP contribution in [0.1, 0.15) is 27.7 Å². The standard InChI is InChI=1S/C6H16FN2OP.C4H12FN2OP.C4H12N5OP/c1-5(2)8-11(7,10)9-6(3)4;1-6(2)9(5,8)7(3)4;1-8(2)11(10,7-6-5)9(3)4/h5-6H,1-4H3,(H2,8,9,10);1-4H3;1-4H3. The molecule has 0 aliphatic carbocycles. The molecule has 0 aromatic carbocycles. The SMILES string of the molecule is CC(C)NP(=O)(F)NC(C)C.CN(C)P(=O)(F)N(C)C.CN(C)P(=O)(N=[N+]=[N-])N(C)C. The first-order valence-corrected chi connectivity index (χ1v) is 13.9. The first-order valence-electron chi connectivity index (χ1n) is 9.20. The van der Waals surface area contributed by atoms with E-state index in [0.29, 0.717) is 0 Å². The van der Waals surface area contributed by atoms with Crippen LogP contribution in [0.2, 0.25) is 0 Å². The molecule has 0 aromatic rings. The number of hydrogen-bond donors (Lipinski definition) is 2. The zero-order chi connectivity index (χ0) is 25.8. The van der Waals surface area contributed by atoms with E-state index in [9.17, 15) is 22.1 Å². The van der Waals surface area contributed by atoms with Gasteiger partial charge in [0.2, 0.25) is 0 Å². The molecule has 31 heavy (non-hydrogen) atoms. The molecule has 0 spiro atoms. The molecule has 12 nitrogen and oxygen atoms in total. The molecule has 0 saturated heterocycles. The summed E-state index contributed by atoms with van der Waals surface area (Å²) in [5.74, 6) is 0. The molecule has 0 saturated carbocycles. The van der Waals surface area contributed by atoms with Crippen molar-refractivity contribution in [1.29, 1.82) is 0 Å². The first-order chi connectivity index (χ1) is 13.7. The smallest absolute Gasteiger partial charge is 0.282 e. The van der Waals surface area contributed by atoms with Gasteiger partial charge in [0.1, 0.15) is 0 Å². The Balaban J connectivity index is -0.000000382. The van der Waals surface area contributed by atoms with E-state index in [1.165, 1.54) is 37.5 Å². The van der Waals surface area contributed by atoms with E-state index >= 15 is 0 Å². The van der Waals surface area contributed by atoms with Crippen molar-refractivity contribution < 1.29 is 22.1 Å². The molecule has 0 radical (unpaired) electrons. The molecular formula is C14H40F2N9O3P3. The van der Waals surface area contributed by atoms with Crippen LogP contribution in [0, 0.1) is 0 Å². The Bertz CT molecular complexity index is 662. The third kappa shape index (κ3) is 16.0. The largest absolute Gasteiger partial charge is 0.381 e. The number of azide groups is 1. The topological polar surface area (TPSA) is 137 Å². The summed E-state index contributed by atoms with van der Waals surface area (Å²) < 4.78 is 64.0. The normalized spacial score (nSPS) is 12.6. The van der Waals surface area contributed by atoms with Crippen LogP contribution in [0.25, 0.3) is 10.4 Å². The van der Waals surface area contributed by atoms with Gasteiger partial charge in [0.05, 0.1) is 0 Å². The molecule has 17 heteroatoms. The second-order valence-corrected chi connectivity index (χ2v) is 14.6. The fourth-order valence-electron chi connectivity index (χ4n) is 1.63. The lowest BCUT2D eigenvalue weighted by Gasteiger charge is -2.25. The van der Waals surface area contributed by atoms with E-state index < -0.39 is 23.1 Å². The molecule has 0 amide bonds. The van der Waals surface area contributed by atoms with Gasteiger partial charge < -0.3 is 0 Å². The van der Waals surface area contributed by atoms with Gasteiger partial charge in [-0.3, -0.25) is 13.7 Å². The minimum absolute atomic E-state index is 0.114. The van der Waals surface area contributed by atoms with Crippen LogP contribution in [-0.4, -0.2) is 87.1 Å². The predicted octanol–water partition coefficient (Wildman–Crippen LogP) is 4.78. The van der Waals surface area contributed by atoms with E-state index in [1.807, 2.05) is 0 Å².